The van der Waals surface area contributed by atoms with Crippen LogP contribution >= 0.6 is 27.5 Å². The van der Waals surface area contributed by atoms with Crippen LogP contribution in [0.15, 0.2) is 40.9 Å². The Bertz CT molecular complexity index is 800. The fraction of sp³-hybridized carbons (Fsp3) is 0. The highest BCUT2D eigenvalue weighted by atomic mass is 79.9. The van der Waals surface area contributed by atoms with Crippen molar-refractivity contribution < 1.29 is 4.39 Å². The van der Waals surface area contributed by atoms with Crippen molar-refractivity contribution in [2.24, 2.45) is 0 Å². The summed E-state index contributed by atoms with van der Waals surface area (Å²) in [5, 5.41) is 11.8. The summed E-state index contributed by atoms with van der Waals surface area (Å²) in [6.45, 7) is 0. The van der Waals surface area contributed by atoms with Crippen LogP contribution in [0.5, 0.6) is 0 Å². The summed E-state index contributed by atoms with van der Waals surface area (Å²) in [6.07, 6.45) is 0. The van der Waals surface area contributed by atoms with Gasteiger partial charge < -0.3 is 5.73 Å². The Morgan fingerprint density at radius 1 is 1.24 bits per heavy atom. The number of nitrogens with two attached hydrogens (primary N) is 1. The molecule has 2 aromatic carbocycles. The Kier molecular flexibility index (Phi) is 3.60. The average molecular weight is 369 g/mol. The van der Waals surface area contributed by atoms with Crippen molar-refractivity contribution >= 4 is 33.2 Å². The van der Waals surface area contributed by atoms with Crippen LogP contribution in [-0.4, -0.2) is 20.2 Å². The van der Waals surface area contributed by atoms with Gasteiger partial charge in [-0.1, -0.05) is 17.7 Å². The SMILES string of the molecule is Nc1cccc(-c2nnnn2-c2cc(F)cc(Cl)c2)c1Br. The van der Waals surface area contributed by atoms with E-state index in [0.717, 1.165) is 0 Å². The quantitative estimate of drug-likeness (QED) is 0.703. The van der Waals surface area contributed by atoms with Crippen LogP contribution in [0.2, 0.25) is 5.02 Å². The van der Waals surface area contributed by atoms with Gasteiger partial charge in [-0.3, -0.25) is 0 Å². The number of hydrogen-bond acceptors (Lipinski definition) is 4. The maximum atomic E-state index is 13.5. The molecule has 1 aromatic heterocycles. The number of nitrogens with zero attached hydrogens (tertiary/aromatic N) is 4. The van der Waals surface area contributed by atoms with Gasteiger partial charge in [-0.05, 0) is 56.7 Å². The predicted molar refractivity (Wildman–Crippen MR) is 81.7 cm³/mol. The Labute approximate surface area is 132 Å². The van der Waals surface area contributed by atoms with Crippen LogP contribution in [-0.2, 0) is 0 Å². The molecule has 0 saturated carbocycles. The average Bonchev–Trinajstić information content (AvgIpc) is 2.90. The van der Waals surface area contributed by atoms with Gasteiger partial charge in [-0.2, -0.15) is 4.68 Å². The van der Waals surface area contributed by atoms with Crippen molar-refractivity contribution in [2.75, 3.05) is 5.73 Å². The molecule has 21 heavy (non-hydrogen) atoms. The molecule has 106 valence electrons. The van der Waals surface area contributed by atoms with Gasteiger partial charge in [0.05, 0.1) is 10.2 Å². The van der Waals surface area contributed by atoms with Gasteiger partial charge in [0.15, 0.2) is 5.82 Å². The van der Waals surface area contributed by atoms with E-state index in [4.69, 9.17) is 17.3 Å². The lowest BCUT2D eigenvalue weighted by atomic mass is 10.2. The van der Waals surface area contributed by atoms with Crippen LogP contribution < -0.4 is 5.73 Å². The number of rotatable bonds is 2. The molecule has 1 heterocycles. The highest BCUT2D eigenvalue weighted by Gasteiger charge is 2.15. The summed E-state index contributed by atoms with van der Waals surface area (Å²) in [4.78, 5) is 0. The number of aromatic nitrogens is 4. The highest BCUT2D eigenvalue weighted by molar-refractivity contribution is 9.10. The van der Waals surface area contributed by atoms with Crippen LogP contribution in [0.1, 0.15) is 0 Å². The van der Waals surface area contributed by atoms with Crippen molar-refractivity contribution in [3.8, 4) is 17.1 Å². The lowest BCUT2D eigenvalue weighted by molar-refractivity contribution is 0.625. The van der Waals surface area contributed by atoms with Gasteiger partial charge in [-0.15, -0.1) is 5.10 Å². The second kappa shape index (κ2) is 5.42. The molecule has 8 heteroatoms. The molecule has 0 aliphatic heterocycles. The van der Waals surface area contributed by atoms with E-state index in [9.17, 15) is 4.39 Å². The van der Waals surface area contributed by atoms with Crippen LogP contribution in [0.3, 0.4) is 0 Å². The standard InChI is InChI=1S/C13H8BrClFN5/c14-12-10(2-1-3-11(12)17)13-18-19-20-21(13)9-5-7(15)4-8(16)6-9/h1-6H,17H2. The molecule has 0 saturated heterocycles. The molecule has 0 radical (unpaired) electrons. The molecule has 3 aromatic rings. The van der Waals surface area contributed by atoms with E-state index in [0.29, 0.717) is 27.2 Å². The number of nitrogen functional groups attached to an aromatic ring is 1. The summed E-state index contributed by atoms with van der Waals surface area (Å²) >= 11 is 9.27. The zero-order valence-electron chi connectivity index (χ0n) is 10.5. The van der Waals surface area contributed by atoms with Crippen molar-refractivity contribution in [1.82, 2.24) is 20.2 Å². The largest absolute Gasteiger partial charge is 0.398 e. The maximum Gasteiger partial charge on any atom is 0.188 e. The van der Waals surface area contributed by atoms with Gasteiger partial charge in [0, 0.05) is 16.3 Å². The number of hydrogen-bond donors (Lipinski definition) is 1. The lowest BCUT2D eigenvalue weighted by Crippen LogP contribution is -2.01. The van der Waals surface area contributed by atoms with E-state index in [1.807, 2.05) is 6.07 Å². The molecule has 0 unspecified atom stereocenters. The Morgan fingerprint density at radius 2 is 2.05 bits per heavy atom. The second-order valence-corrected chi connectivity index (χ2v) is 5.48. The Morgan fingerprint density at radius 3 is 2.81 bits per heavy atom. The van der Waals surface area contributed by atoms with Gasteiger partial charge >= 0.3 is 0 Å². The van der Waals surface area contributed by atoms with E-state index >= 15 is 0 Å². The molecule has 2 N–H and O–H groups in total. The number of halogens is 3. The first-order chi connectivity index (χ1) is 10.1. The van der Waals surface area contributed by atoms with Gasteiger partial charge in [-0.25, -0.2) is 4.39 Å². The minimum absolute atomic E-state index is 0.262. The topological polar surface area (TPSA) is 69.6 Å². The first-order valence-electron chi connectivity index (χ1n) is 5.85. The maximum absolute atomic E-state index is 13.5. The van der Waals surface area contributed by atoms with Crippen molar-refractivity contribution in [2.45, 2.75) is 0 Å². The zero-order valence-corrected chi connectivity index (χ0v) is 12.8. The number of benzene rings is 2. The molecule has 0 aliphatic rings. The van der Waals surface area contributed by atoms with Crippen LogP contribution in [0.4, 0.5) is 10.1 Å². The molecule has 0 aliphatic carbocycles. The van der Waals surface area contributed by atoms with Gasteiger partial charge in [0.25, 0.3) is 0 Å². The summed E-state index contributed by atoms with van der Waals surface area (Å²) in [5.41, 5.74) is 7.53. The Balaban J connectivity index is 2.19. The third-order valence-electron chi connectivity index (χ3n) is 2.83. The fourth-order valence-electron chi connectivity index (χ4n) is 1.91. The highest BCUT2D eigenvalue weighted by Crippen LogP contribution is 2.32. The first kappa shape index (κ1) is 14.0. The van der Waals surface area contributed by atoms with Crippen LogP contribution in [0, 0.1) is 5.82 Å². The molecule has 3 rings (SSSR count). The third kappa shape index (κ3) is 2.62. The van der Waals surface area contributed by atoms with E-state index in [1.165, 1.54) is 16.8 Å². The molecule has 0 atom stereocenters. The molecular formula is C13H8BrClFN5. The summed E-state index contributed by atoms with van der Waals surface area (Å²) in [5.74, 6) is -0.0403. The molecule has 0 fully saturated rings. The summed E-state index contributed by atoms with van der Waals surface area (Å²) in [6, 6.07) is 9.43. The van der Waals surface area contributed by atoms with Crippen molar-refractivity contribution in [1.29, 1.82) is 0 Å². The van der Waals surface area contributed by atoms with E-state index in [2.05, 4.69) is 31.5 Å². The number of anilines is 1. The summed E-state index contributed by atoms with van der Waals surface area (Å²) < 4.78 is 15.6. The number of tetrazole rings is 1. The minimum atomic E-state index is -0.467. The van der Waals surface area contributed by atoms with Crippen LogP contribution in [0.25, 0.3) is 17.1 Å². The minimum Gasteiger partial charge on any atom is -0.398 e. The Hall–Kier alpha value is -1.99. The molecular weight excluding hydrogens is 361 g/mol. The first-order valence-corrected chi connectivity index (χ1v) is 7.02. The van der Waals surface area contributed by atoms with Crippen molar-refractivity contribution in [3.63, 3.8) is 0 Å². The monoisotopic (exact) mass is 367 g/mol. The van der Waals surface area contributed by atoms with Gasteiger partial charge in [0.1, 0.15) is 5.82 Å². The second-order valence-electron chi connectivity index (χ2n) is 4.25. The fourth-order valence-corrected chi connectivity index (χ4v) is 2.57. The van der Waals surface area contributed by atoms with E-state index in [-0.39, 0.29) is 5.02 Å². The molecule has 0 spiro atoms. The van der Waals surface area contributed by atoms with E-state index < -0.39 is 5.82 Å². The molecule has 0 bridgehead atoms. The third-order valence-corrected chi connectivity index (χ3v) is 3.93. The summed E-state index contributed by atoms with van der Waals surface area (Å²) in [7, 11) is 0. The molecule has 0 amide bonds. The predicted octanol–water partition coefficient (Wildman–Crippen LogP) is 3.47. The molecule has 5 nitrogen and oxygen atoms in total. The lowest BCUT2D eigenvalue weighted by Gasteiger charge is -2.08. The zero-order chi connectivity index (χ0) is 15.0. The van der Waals surface area contributed by atoms with E-state index in [1.54, 1.807) is 18.2 Å². The van der Waals surface area contributed by atoms with Crippen molar-refractivity contribution in [3.05, 3.63) is 51.7 Å². The van der Waals surface area contributed by atoms with Gasteiger partial charge in [0.2, 0.25) is 0 Å². The normalized spacial score (nSPS) is 10.8. The smallest absolute Gasteiger partial charge is 0.188 e.